The Bertz CT molecular complexity index is 763. The maximum Gasteiger partial charge on any atom is 0.261 e. The van der Waals surface area contributed by atoms with Gasteiger partial charge < -0.3 is 0 Å². The van der Waals surface area contributed by atoms with Crippen molar-refractivity contribution >= 4 is 50.5 Å². The monoisotopic (exact) mass is 350 g/mol. The van der Waals surface area contributed by atoms with Gasteiger partial charge in [0, 0.05) is 0 Å². The zero-order valence-electron chi connectivity index (χ0n) is 10.2. The van der Waals surface area contributed by atoms with Crippen LogP contribution in [-0.2, 0) is 10.0 Å². The van der Waals surface area contributed by atoms with E-state index in [4.69, 9.17) is 34.8 Å². The van der Waals surface area contributed by atoms with Gasteiger partial charge in [0.15, 0.2) is 0 Å². The van der Waals surface area contributed by atoms with Gasteiger partial charge in [0.25, 0.3) is 10.0 Å². The van der Waals surface area contributed by atoms with E-state index in [9.17, 15) is 8.42 Å². The van der Waals surface area contributed by atoms with Crippen LogP contribution in [0.15, 0.2) is 35.4 Å². The highest BCUT2D eigenvalue weighted by Crippen LogP contribution is 2.26. The van der Waals surface area contributed by atoms with E-state index in [1.54, 1.807) is 13.0 Å². The second-order valence-electron chi connectivity index (χ2n) is 4.01. The van der Waals surface area contributed by atoms with Gasteiger partial charge in [-0.05, 0) is 36.8 Å². The molecule has 1 heterocycles. The number of nitrogens with one attached hydrogen (secondary N) is 1. The second kappa shape index (κ2) is 5.77. The summed E-state index contributed by atoms with van der Waals surface area (Å²) in [4.78, 5) is 3.89. The second-order valence-corrected chi connectivity index (χ2v) is 6.87. The van der Waals surface area contributed by atoms with E-state index >= 15 is 0 Å². The molecule has 0 saturated heterocycles. The molecule has 0 amide bonds. The lowest BCUT2D eigenvalue weighted by molar-refractivity contribution is 0.601. The van der Waals surface area contributed by atoms with Gasteiger partial charge in [-0.25, -0.2) is 13.4 Å². The van der Waals surface area contributed by atoms with Crippen molar-refractivity contribution in [3.63, 3.8) is 0 Å². The standard InChI is InChI=1S/C12H9Cl3N2O2S/c1-7-4-8(6-16-12(7)15)17-20(18,19)9-2-3-10(13)11(14)5-9/h2-6,17H,1H3. The molecule has 0 radical (unpaired) electrons. The molecule has 0 aliphatic heterocycles. The summed E-state index contributed by atoms with van der Waals surface area (Å²) >= 11 is 17.4. The molecule has 2 aromatic rings. The lowest BCUT2D eigenvalue weighted by Crippen LogP contribution is -2.13. The van der Waals surface area contributed by atoms with E-state index in [2.05, 4.69) is 9.71 Å². The molecule has 8 heteroatoms. The van der Waals surface area contributed by atoms with Crippen molar-refractivity contribution in [2.24, 2.45) is 0 Å². The fourth-order valence-corrected chi connectivity index (χ4v) is 3.00. The highest BCUT2D eigenvalue weighted by atomic mass is 35.5. The molecular weight excluding hydrogens is 343 g/mol. The lowest BCUT2D eigenvalue weighted by Gasteiger charge is -2.09. The Labute approximate surface area is 131 Å². The number of nitrogens with zero attached hydrogens (tertiary/aromatic N) is 1. The summed E-state index contributed by atoms with van der Waals surface area (Å²) in [5.41, 5.74) is 0.985. The molecule has 0 bridgehead atoms. The average molecular weight is 352 g/mol. The minimum Gasteiger partial charge on any atom is -0.278 e. The van der Waals surface area contributed by atoms with Gasteiger partial charge in [-0.15, -0.1) is 0 Å². The number of aryl methyl sites for hydroxylation is 1. The number of hydrogen-bond donors (Lipinski definition) is 1. The van der Waals surface area contributed by atoms with Gasteiger partial charge in [0.05, 0.1) is 26.8 Å². The molecular formula is C12H9Cl3N2O2S. The fraction of sp³-hybridized carbons (Fsp3) is 0.0833. The normalized spacial score (nSPS) is 11.4. The Morgan fingerprint density at radius 3 is 2.40 bits per heavy atom. The van der Waals surface area contributed by atoms with Crippen LogP contribution in [-0.4, -0.2) is 13.4 Å². The van der Waals surface area contributed by atoms with Crippen molar-refractivity contribution in [3.05, 3.63) is 51.2 Å². The molecule has 106 valence electrons. The number of halogens is 3. The summed E-state index contributed by atoms with van der Waals surface area (Å²) in [6.07, 6.45) is 1.34. The Hall–Kier alpha value is -1.01. The molecule has 2 rings (SSSR count). The lowest BCUT2D eigenvalue weighted by atomic mass is 10.3. The third kappa shape index (κ3) is 3.35. The summed E-state index contributed by atoms with van der Waals surface area (Å²) in [6, 6.07) is 5.66. The van der Waals surface area contributed by atoms with Gasteiger partial charge in [0.1, 0.15) is 5.15 Å². The van der Waals surface area contributed by atoms with Crippen LogP contribution >= 0.6 is 34.8 Å². The first kappa shape index (κ1) is 15.4. The third-order valence-electron chi connectivity index (χ3n) is 2.47. The van der Waals surface area contributed by atoms with Crippen molar-refractivity contribution in [2.45, 2.75) is 11.8 Å². The average Bonchev–Trinajstić information content (AvgIpc) is 2.37. The predicted octanol–water partition coefficient (Wildman–Crippen LogP) is 4.15. The van der Waals surface area contributed by atoms with Crippen LogP contribution in [0.3, 0.4) is 0 Å². The van der Waals surface area contributed by atoms with Crippen LogP contribution in [0.2, 0.25) is 15.2 Å². The van der Waals surface area contributed by atoms with Crippen molar-refractivity contribution in [3.8, 4) is 0 Å². The maximum atomic E-state index is 12.2. The summed E-state index contributed by atoms with van der Waals surface area (Å²) in [6.45, 7) is 1.73. The topological polar surface area (TPSA) is 59.1 Å². The van der Waals surface area contributed by atoms with Gasteiger partial charge in [-0.1, -0.05) is 34.8 Å². The molecule has 0 saturated carbocycles. The van der Waals surface area contributed by atoms with Crippen LogP contribution < -0.4 is 4.72 Å². The van der Waals surface area contributed by atoms with E-state index < -0.39 is 10.0 Å². The third-order valence-corrected chi connectivity index (χ3v) is 4.98. The van der Waals surface area contributed by atoms with Crippen molar-refractivity contribution < 1.29 is 8.42 Å². The van der Waals surface area contributed by atoms with Gasteiger partial charge in [-0.2, -0.15) is 0 Å². The molecule has 4 nitrogen and oxygen atoms in total. The predicted molar refractivity (Wildman–Crippen MR) is 81.3 cm³/mol. The first-order valence-electron chi connectivity index (χ1n) is 5.39. The van der Waals surface area contributed by atoms with Gasteiger partial charge in [0.2, 0.25) is 0 Å². The van der Waals surface area contributed by atoms with Crippen LogP contribution in [0.25, 0.3) is 0 Å². The molecule has 0 aliphatic carbocycles. The molecule has 0 fully saturated rings. The maximum absolute atomic E-state index is 12.2. The molecule has 0 atom stereocenters. The van der Waals surface area contributed by atoms with E-state index in [1.807, 2.05) is 0 Å². The van der Waals surface area contributed by atoms with Gasteiger partial charge in [-0.3, -0.25) is 4.72 Å². The Kier molecular flexibility index (Phi) is 4.44. The molecule has 1 aromatic heterocycles. The van der Waals surface area contributed by atoms with E-state index in [1.165, 1.54) is 24.4 Å². The van der Waals surface area contributed by atoms with Crippen LogP contribution in [0, 0.1) is 6.92 Å². The van der Waals surface area contributed by atoms with Crippen LogP contribution in [0.5, 0.6) is 0 Å². The first-order chi connectivity index (χ1) is 9.29. The van der Waals surface area contributed by atoms with E-state index in [0.717, 1.165) is 0 Å². The van der Waals surface area contributed by atoms with Crippen molar-refractivity contribution in [1.82, 2.24) is 4.98 Å². The number of benzene rings is 1. The van der Waals surface area contributed by atoms with Crippen LogP contribution in [0.4, 0.5) is 5.69 Å². The minimum atomic E-state index is -3.76. The molecule has 20 heavy (non-hydrogen) atoms. The fourth-order valence-electron chi connectivity index (χ4n) is 1.47. The summed E-state index contributed by atoms with van der Waals surface area (Å²) in [5, 5.41) is 0.775. The number of sulfonamides is 1. The SMILES string of the molecule is Cc1cc(NS(=O)(=O)c2ccc(Cl)c(Cl)c2)cnc1Cl. The quantitative estimate of drug-likeness (QED) is 0.845. The van der Waals surface area contributed by atoms with Crippen molar-refractivity contribution in [2.75, 3.05) is 4.72 Å². The number of aromatic nitrogens is 1. The summed E-state index contributed by atoms with van der Waals surface area (Å²) in [7, 11) is -3.76. The molecule has 0 spiro atoms. The van der Waals surface area contributed by atoms with E-state index in [0.29, 0.717) is 16.4 Å². The number of rotatable bonds is 3. The summed E-state index contributed by atoms with van der Waals surface area (Å²) < 4.78 is 26.8. The Morgan fingerprint density at radius 1 is 1.10 bits per heavy atom. The van der Waals surface area contributed by atoms with Crippen molar-refractivity contribution in [1.29, 1.82) is 0 Å². The zero-order chi connectivity index (χ0) is 14.9. The number of pyridine rings is 1. The number of hydrogen-bond acceptors (Lipinski definition) is 3. The minimum absolute atomic E-state index is 0.0134. The highest BCUT2D eigenvalue weighted by Gasteiger charge is 2.16. The largest absolute Gasteiger partial charge is 0.278 e. The van der Waals surface area contributed by atoms with E-state index in [-0.39, 0.29) is 14.9 Å². The Balaban J connectivity index is 2.35. The smallest absolute Gasteiger partial charge is 0.261 e. The number of anilines is 1. The van der Waals surface area contributed by atoms with Crippen LogP contribution in [0.1, 0.15) is 5.56 Å². The molecule has 0 aliphatic rings. The summed E-state index contributed by atoms with van der Waals surface area (Å²) in [5.74, 6) is 0. The molecule has 1 N–H and O–H groups in total. The molecule has 1 aromatic carbocycles. The highest BCUT2D eigenvalue weighted by molar-refractivity contribution is 7.92. The molecule has 0 unspecified atom stereocenters. The van der Waals surface area contributed by atoms with Gasteiger partial charge >= 0.3 is 0 Å². The first-order valence-corrected chi connectivity index (χ1v) is 8.01. The zero-order valence-corrected chi connectivity index (χ0v) is 13.3. The Morgan fingerprint density at radius 2 is 1.80 bits per heavy atom.